The summed E-state index contributed by atoms with van der Waals surface area (Å²) in [7, 11) is 3.50. The van der Waals surface area contributed by atoms with Crippen molar-refractivity contribution < 1.29 is 9.47 Å². The first-order valence-electron chi connectivity index (χ1n) is 6.14. The van der Waals surface area contributed by atoms with E-state index in [0.29, 0.717) is 18.1 Å². The molecular weight excluding hydrogens is 242 g/mol. The summed E-state index contributed by atoms with van der Waals surface area (Å²) >= 11 is 0. The predicted octanol–water partition coefficient (Wildman–Crippen LogP) is 2.03. The third-order valence-electron chi connectivity index (χ3n) is 2.87. The van der Waals surface area contributed by atoms with Crippen LogP contribution in [0, 0.1) is 0 Å². The second-order valence-electron chi connectivity index (χ2n) is 4.51. The molecule has 2 rings (SSSR count). The standard InChI is InChI=1S/C14H19N3O2/c1-10(15)12-4-5-13(14(6-12)18-3)19-9-11-7-16-17(2)8-11/h4-8,10H,9,15H2,1-3H3. The Kier molecular flexibility index (Phi) is 4.06. The van der Waals surface area contributed by atoms with Crippen molar-refractivity contribution in [1.29, 1.82) is 0 Å². The second kappa shape index (κ2) is 5.75. The van der Waals surface area contributed by atoms with Crippen molar-refractivity contribution in [1.82, 2.24) is 9.78 Å². The zero-order chi connectivity index (χ0) is 13.8. The molecule has 0 aliphatic rings. The van der Waals surface area contributed by atoms with Crippen LogP contribution in [0.25, 0.3) is 0 Å². The van der Waals surface area contributed by atoms with Crippen LogP contribution in [-0.4, -0.2) is 16.9 Å². The normalized spacial score (nSPS) is 12.2. The van der Waals surface area contributed by atoms with E-state index in [4.69, 9.17) is 15.2 Å². The highest BCUT2D eigenvalue weighted by Crippen LogP contribution is 2.30. The third-order valence-corrected chi connectivity index (χ3v) is 2.87. The molecule has 0 radical (unpaired) electrons. The molecule has 1 heterocycles. The molecule has 0 fully saturated rings. The third kappa shape index (κ3) is 3.26. The SMILES string of the molecule is COc1cc(C(C)N)ccc1OCc1cnn(C)c1. The lowest BCUT2D eigenvalue weighted by atomic mass is 10.1. The first kappa shape index (κ1) is 13.4. The maximum absolute atomic E-state index is 5.85. The first-order chi connectivity index (χ1) is 9.10. The quantitative estimate of drug-likeness (QED) is 0.894. The van der Waals surface area contributed by atoms with Gasteiger partial charge < -0.3 is 15.2 Å². The number of methoxy groups -OCH3 is 1. The zero-order valence-corrected chi connectivity index (χ0v) is 11.5. The highest BCUT2D eigenvalue weighted by atomic mass is 16.5. The predicted molar refractivity (Wildman–Crippen MR) is 73.1 cm³/mol. The molecule has 5 heteroatoms. The highest BCUT2D eigenvalue weighted by Gasteiger charge is 2.08. The lowest BCUT2D eigenvalue weighted by Crippen LogP contribution is -2.05. The molecule has 1 aromatic heterocycles. The van der Waals surface area contributed by atoms with Crippen LogP contribution in [0.1, 0.15) is 24.1 Å². The Hall–Kier alpha value is -2.01. The van der Waals surface area contributed by atoms with E-state index in [1.807, 2.05) is 38.4 Å². The minimum absolute atomic E-state index is 0.0266. The lowest BCUT2D eigenvalue weighted by Gasteiger charge is -2.13. The summed E-state index contributed by atoms with van der Waals surface area (Å²) in [5, 5.41) is 4.10. The van der Waals surface area contributed by atoms with Crippen LogP contribution in [0.3, 0.4) is 0 Å². The minimum Gasteiger partial charge on any atom is -0.493 e. The molecule has 19 heavy (non-hydrogen) atoms. The smallest absolute Gasteiger partial charge is 0.161 e. The Balaban J connectivity index is 2.11. The molecule has 102 valence electrons. The zero-order valence-electron chi connectivity index (χ0n) is 11.5. The number of hydrogen-bond acceptors (Lipinski definition) is 4. The molecular formula is C14H19N3O2. The van der Waals surface area contributed by atoms with E-state index < -0.39 is 0 Å². The number of hydrogen-bond donors (Lipinski definition) is 1. The van der Waals surface area contributed by atoms with Crippen molar-refractivity contribution in [3.63, 3.8) is 0 Å². The average Bonchev–Trinajstić information content (AvgIpc) is 2.81. The number of aryl methyl sites for hydroxylation is 1. The van der Waals surface area contributed by atoms with Crippen LogP contribution in [0.15, 0.2) is 30.6 Å². The molecule has 1 unspecified atom stereocenters. The van der Waals surface area contributed by atoms with Crippen LogP contribution in [0.2, 0.25) is 0 Å². The van der Waals surface area contributed by atoms with Gasteiger partial charge in [0, 0.05) is 24.8 Å². The van der Waals surface area contributed by atoms with Crippen LogP contribution >= 0.6 is 0 Å². The van der Waals surface area contributed by atoms with Gasteiger partial charge in [-0.1, -0.05) is 6.07 Å². The number of benzene rings is 1. The van der Waals surface area contributed by atoms with E-state index in [1.165, 1.54) is 0 Å². The molecule has 0 aliphatic heterocycles. The molecule has 2 N–H and O–H groups in total. The van der Waals surface area contributed by atoms with Gasteiger partial charge in [-0.05, 0) is 24.6 Å². The molecule has 0 saturated carbocycles. The topological polar surface area (TPSA) is 62.3 Å². The summed E-state index contributed by atoms with van der Waals surface area (Å²) in [4.78, 5) is 0. The minimum atomic E-state index is -0.0266. The van der Waals surface area contributed by atoms with E-state index >= 15 is 0 Å². The second-order valence-corrected chi connectivity index (χ2v) is 4.51. The van der Waals surface area contributed by atoms with Crippen LogP contribution < -0.4 is 15.2 Å². The molecule has 0 spiro atoms. The molecule has 0 saturated heterocycles. The summed E-state index contributed by atoms with van der Waals surface area (Å²) in [6, 6.07) is 5.71. The molecule has 0 aliphatic carbocycles. The molecule has 0 bridgehead atoms. The van der Waals surface area contributed by atoms with Gasteiger partial charge in [0.2, 0.25) is 0 Å². The Morgan fingerprint density at radius 2 is 2.16 bits per heavy atom. The van der Waals surface area contributed by atoms with Gasteiger partial charge in [-0.3, -0.25) is 4.68 Å². The van der Waals surface area contributed by atoms with Crippen LogP contribution in [0.4, 0.5) is 0 Å². The Morgan fingerprint density at radius 3 is 2.74 bits per heavy atom. The van der Waals surface area contributed by atoms with E-state index in [0.717, 1.165) is 11.1 Å². The fourth-order valence-corrected chi connectivity index (χ4v) is 1.79. The molecule has 0 amide bonds. The van der Waals surface area contributed by atoms with E-state index in [-0.39, 0.29) is 6.04 Å². The van der Waals surface area contributed by atoms with Gasteiger partial charge in [-0.15, -0.1) is 0 Å². The fourth-order valence-electron chi connectivity index (χ4n) is 1.79. The van der Waals surface area contributed by atoms with Crippen LogP contribution in [-0.2, 0) is 13.7 Å². The first-order valence-corrected chi connectivity index (χ1v) is 6.14. The van der Waals surface area contributed by atoms with Crippen molar-refractivity contribution >= 4 is 0 Å². The maximum Gasteiger partial charge on any atom is 0.161 e. The summed E-state index contributed by atoms with van der Waals surface area (Å²) in [5.74, 6) is 1.40. The van der Waals surface area contributed by atoms with Crippen molar-refractivity contribution in [2.75, 3.05) is 7.11 Å². The summed E-state index contributed by atoms with van der Waals surface area (Å²) in [6.45, 7) is 2.40. The number of aromatic nitrogens is 2. The Bertz CT molecular complexity index is 549. The van der Waals surface area contributed by atoms with E-state index in [2.05, 4.69) is 5.10 Å². The Morgan fingerprint density at radius 1 is 1.37 bits per heavy atom. The number of nitrogens with two attached hydrogens (primary N) is 1. The maximum atomic E-state index is 5.85. The van der Waals surface area contributed by atoms with Crippen LogP contribution in [0.5, 0.6) is 11.5 Å². The fraction of sp³-hybridized carbons (Fsp3) is 0.357. The van der Waals surface area contributed by atoms with Gasteiger partial charge >= 0.3 is 0 Å². The number of ether oxygens (including phenoxy) is 2. The number of rotatable bonds is 5. The summed E-state index contributed by atoms with van der Waals surface area (Å²) in [6.07, 6.45) is 3.70. The Labute approximate surface area is 112 Å². The van der Waals surface area contributed by atoms with Crippen molar-refractivity contribution in [2.45, 2.75) is 19.6 Å². The van der Waals surface area contributed by atoms with Gasteiger partial charge in [-0.25, -0.2) is 0 Å². The summed E-state index contributed by atoms with van der Waals surface area (Å²) in [5.41, 5.74) is 7.88. The van der Waals surface area contributed by atoms with E-state index in [9.17, 15) is 0 Å². The van der Waals surface area contributed by atoms with Gasteiger partial charge in [0.25, 0.3) is 0 Å². The van der Waals surface area contributed by atoms with Crippen molar-refractivity contribution in [3.05, 3.63) is 41.7 Å². The largest absolute Gasteiger partial charge is 0.493 e. The molecule has 2 aromatic rings. The van der Waals surface area contributed by atoms with Crippen molar-refractivity contribution in [3.8, 4) is 11.5 Å². The molecule has 1 atom stereocenters. The average molecular weight is 261 g/mol. The monoisotopic (exact) mass is 261 g/mol. The van der Waals surface area contributed by atoms with Gasteiger partial charge in [0.1, 0.15) is 6.61 Å². The van der Waals surface area contributed by atoms with Crippen molar-refractivity contribution in [2.24, 2.45) is 12.8 Å². The highest BCUT2D eigenvalue weighted by molar-refractivity contribution is 5.43. The van der Waals surface area contributed by atoms with E-state index in [1.54, 1.807) is 18.0 Å². The molecule has 5 nitrogen and oxygen atoms in total. The lowest BCUT2D eigenvalue weighted by molar-refractivity contribution is 0.284. The molecule has 1 aromatic carbocycles. The summed E-state index contributed by atoms with van der Waals surface area (Å²) < 4.78 is 12.8. The van der Waals surface area contributed by atoms with Gasteiger partial charge in [-0.2, -0.15) is 5.10 Å². The number of nitrogens with zero attached hydrogens (tertiary/aromatic N) is 2. The van der Waals surface area contributed by atoms with Gasteiger partial charge in [0.15, 0.2) is 11.5 Å². The van der Waals surface area contributed by atoms with Gasteiger partial charge in [0.05, 0.1) is 13.3 Å².